The second-order valence-electron chi connectivity index (χ2n) is 5.04. The standard InChI is InChI=1S/C15H22N2O3/c1-20-14-6-4-12(5-7-14)16-15(19)8-10-17-9-2-3-13(17)11-18/h4-7,13,18H,2-3,8-11H2,1H3,(H,16,19). The molecule has 0 saturated carbocycles. The van der Waals surface area contributed by atoms with Crippen molar-refractivity contribution in [1.29, 1.82) is 0 Å². The molecule has 1 fully saturated rings. The molecule has 1 heterocycles. The minimum atomic E-state index is -0.00115. The highest BCUT2D eigenvalue weighted by Crippen LogP contribution is 2.18. The van der Waals surface area contributed by atoms with Crippen molar-refractivity contribution in [2.45, 2.75) is 25.3 Å². The third kappa shape index (κ3) is 3.95. The van der Waals surface area contributed by atoms with Crippen LogP contribution in [0.15, 0.2) is 24.3 Å². The molecule has 20 heavy (non-hydrogen) atoms. The molecular formula is C15H22N2O3. The van der Waals surface area contributed by atoms with Crippen molar-refractivity contribution in [2.24, 2.45) is 0 Å². The third-order valence-electron chi connectivity index (χ3n) is 3.71. The van der Waals surface area contributed by atoms with Gasteiger partial charge in [-0.05, 0) is 43.7 Å². The Labute approximate surface area is 119 Å². The summed E-state index contributed by atoms with van der Waals surface area (Å²) in [6.45, 7) is 1.86. The first-order valence-electron chi connectivity index (χ1n) is 7.01. The van der Waals surface area contributed by atoms with Crippen LogP contribution in [0.5, 0.6) is 5.75 Å². The maximum atomic E-state index is 11.9. The van der Waals surface area contributed by atoms with Gasteiger partial charge in [0, 0.05) is 24.7 Å². The van der Waals surface area contributed by atoms with Gasteiger partial charge in [0.05, 0.1) is 13.7 Å². The predicted octanol–water partition coefficient (Wildman–Crippen LogP) is 1.48. The van der Waals surface area contributed by atoms with Gasteiger partial charge in [-0.25, -0.2) is 0 Å². The quantitative estimate of drug-likeness (QED) is 0.827. The molecule has 1 saturated heterocycles. The van der Waals surface area contributed by atoms with E-state index in [4.69, 9.17) is 4.74 Å². The third-order valence-corrected chi connectivity index (χ3v) is 3.71. The van der Waals surface area contributed by atoms with Crippen LogP contribution < -0.4 is 10.1 Å². The summed E-state index contributed by atoms with van der Waals surface area (Å²) in [7, 11) is 1.61. The van der Waals surface area contributed by atoms with Gasteiger partial charge in [0.15, 0.2) is 0 Å². The van der Waals surface area contributed by atoms with Gasteiger partial charge in [0.2, 0.25) is 5.91 Å². The summed E-state index contributed by atoms with van der Waals surface area (Å²) in [5.41, 5.74) is 0.774. The van der Waals surface area contributed by atoms with Gasteiger partial charge in [-0.2, -0.15) is 0 Å². The second kappa shape index (κ2) is 7.26. The van der Waals surface area contributed by atoms with Crippen molar-refractivity contribution in [3.63, 3.8) is 0 Å². The summed E-state index contributed by atoms with van der Waals surface area (Å²) in [5.74, 6) is 0.768. The van der Waals surface area contributed by atoms with Crippen LogP contribution in [0.1, 0.15) is 19.3 Å². The lowest BCUT2D eigenvalue weighted by Crippen LogP contribution is -2.34. The van der Waals surface area contributed by atoms with Gasteiger partial charge in [0.25, 0.3) is 0 Å². The summed E-state index contributed by atoms with van der Waals surface area (Å²) in [5, 5.41) is 12.1. The van der Waals surface area contributed by atoms with E-state index in [1.54, 1.807) is 7.11 Å². The Morgan fingerprint density at radius 1 is 1.45 bits per heavy atom. The summed E-state index contributed by atoms with van der Waals surface area (Å²) in [6.07, 6.45) is 2.57. The molecule has 1 aromatic rings. The van der Waals surface area contributed by atoms with Gasteiger partial charge in [0.1, 0.15) is 5.75 Å². The minimum Gasteiger partial charge on any atom is -0.497 e. The Hall–Kier alpha value is -1.59. The Bertz CT molecular complexity index is 433. The summed E-state index contributed by atoms with van der Waals surface area (Å²) in [6, 6.07) is 7.51. The minimum absolute atomic E-state index is 0.00115. The molecule has 1 unspecified atom stereocenters. The van der Waals surface area contributed by atoms with Gasteiger partial charge < -0.3 is 15.2 Å². The molecule has 1 atom stereocenters. The Kier molecular flexibility index (Phi) is 5.38. The highest BCUT2D eigenvalue weighted by molar-refractivity contribution is 5.90. The largest absolute Gasteiger partial charge is 0.497 e. The predicted molar refractivity (Wildman–Crippen MR) is 77.9 cm³/mol. The molecule has 1 aromatic carbocycles. The number of benzene rings is 1. The first kappa shape index (κ1) is 14.8. The number of rotatable bonds is 6. The van der Waals surface area contributed by atoms with E-state index in [1.807, 2.05) is 24.3 Å². The van der Waals surface area contributed by atoms with Crippen molar-refractivity contribution in [3.8, 4) is 5.75 Å². The molecule has 0 aromatic heterocycles. The lowest BCUT2D eigenvalue weighted by molar-refractivity contribution is -0.116. The van der Waals surface area contributed by atoms with Crippen LogP contribution in [0.25, 0.3) is 0 Å². The average molecular weight is 278 g/mol. The van der Waals surface area contributed by atoms with Crippen molar-refractivity contribution in [3.05, 3.63) is 24.3 Å². The summed E-state index contributed by atoms with van der Waals surface area (Å²) < 4.78 is 5.07. The molecule has 110 valence electrons. The maximum absolute atomic E-state index is 11.9. The first-order chi connectivity index (χ1) is 9.72. The summed E-state index contributed by atoms with van der Waals surface area (Å²) in [4.78, 5) is 14.1. The smallest absolute Gasteiger partial charge is 0.225 e. The number of carbonyl (C=O) groups is 1. The number of likely N-dealkylation sites (tertiary alicyclic amines) is 1. The topological polar surface area (TPSA) is 61.8 Å². The number of anilines is 1. The SMILES string of the molecule is COc1ccc(NC(=O)CCN2CCCC2CO)cc1. The molecule has 1 aliphatic rings. The number of nitrogens with one attached hydrogen (secondary N) is 1. The number of hydrogen-bond acceptors (Lipinski definition) is 4. The van der Waals surface area contributed by atoms with Crippen LogP contribution in [-0.2, 0) is 4.79 Å². The molecule has 5 nitrogen and oxygen atoms in total. The zero-order valence-corrected chi connectivity index (χ0v) is 11.8. The molecule has 0 spiro atoms. The fraction of sp³-hybridized carbons (Fsp3) is 0.533. The zero-order chi connectivity index (χ0) is 14.4. The van der Waals surface area contributed by atoms with Crippen LogP contribution >= 0.6 is 0 Å². The number of aliphatic hydroxyl groups excluding tert-OH is 1. The van der Waals surface area contributed by atoms with E-state index >= 15 is 0 Å². The van der Waals surface area contributed by atoms with E-state index in [0.717, 1.165) is 30.8 Å². The molecule has 5 heteroatoms. The van der Waals surface area contributed by atoms with Crippen LogP contribution in [0.2, 0.25) is 0 Å². The Balaban J connectivity index is 1.77. The van der Waals surface area contributed by atoms with Crippen molar-refractivity contribution in [2.75, 3.05) is 32.1 Å². The number of nitrogens with zero attached hydrogens (tertiary/aromatic N) is 1. The molecule has 1 amide bonds. The number of hydrogen-bond donors (Lipinski definition) is 2. The number of methoxy groups -OCH3 is 1. The molecule has 0 bridgehead atoms. The zero-order valence-electron chi connectivity index (χ0n) is 11.8. The molecule has 0 aliphatic carbocycles. The van der Waals surface area contributed by atoms with E-state index in [2.05, 4.69) is 10.2 Å². The Morgan fingerprint density at radius 3 is 2.85 bits per heavy atom. The average Bonchev–Trinajstić information content (AvgIpc) is 2.93. The van der Waals surface area contributed by atoms with Crippen molar-refractivity contribution >= 4 is 11.6 Å². The van der Waals surface area contributed by atoms with E-state index in [0.29, 0.717) is 13.0 Å². The highest BCUT2D eigenvalue weighted by atomic mass is 16.5. The number of ether oxygens (including phenoxy) is 1. The van der Waals surface area contributed by atoms with Crippen LogP contribution in [0.4, 0.5) is 5.69 Å². The molecule has 2 N–H and O–H groups in total. The number of aliphatic hydroxyl groups is 1. The highest BCUT2D eigenvalue weighted by Gasteiger charge is 2.23. The molecular weight excluding hydrogens is 256 g/mol. The normalized spacial score (nSPS) is 19.0. The van der Waals surface area contributed by atoms with E-state index in [1.165, 1.54) is 0 Å². The van der Waals surface area contributed by atoms with Gasteiger partial charge in [-0.3, -0.25) is 9.69 Å². The van der Waals surface area contributed by atoms with E-state index < -0.39 is 0 Å². The molecule has 2 rings (SSSR count). The second-order valence-corrected chi connectivity index (χ2v) is 5.04. The van der Waals surface area contributed by atoms with Crippen LogP contribution in [0, 0.1) is 0 Å². The van der Waals surface area contributed by atoms with E-state index in [-0.39, 0.29) is 18.6 Å². The summed E-state index contributed by atoms with van der Waals surface area (Å²) >= 11 is 0. The fourth-order valence-electron chi connectivity index (χ4n) is 2.54. The number of amides is 1. The van der Waals surface area contributed by atoms with E-state index in [9.17, 15) is 9.90 Å². The fourth-order valence-corrected chi connectivity index (χ4v) is 2.54. The van der Waals surface area contributed by atoms with Crippen molar-refractivity contribution < 1.29 is 14.6 Å². The number of carbonyl (C=O) groups excluding carboxylic acids is 1. The first-order valence-corrected chi connectivity index (χ1v) is 7.01. The monoisotopic (exact) mass is 278 g/mol. The van der Waals surface area contributed by atoms with Crippen molar-refractivity contribution in [1.82, 2.24) is 4.90 Å². The lowest BCUT2D eigenvalue weighted by atomic mass is 10.2. The van der Waals surface area contributed by atoms with Gasteiger partial charge in [-0.15, -0.1) is 0 Å². The molecule has 1 aliphatic heterocycles. The maximum Gasteiger partial charge on any atom is 0.225 e. The lowest BCUT2D eigenvalue weighted by Gasteiger charge is -2.22. The van der Waals surface area contributed by atoms with Crippen LogP contribution in [-0.4, -0.2) is 48.8 Å². The van der Waals surface area contributed by atoms with Gasteiger partial charge >= 0.3 is 0 Å². The Morgan fingerprint density at radius 2 is 2.20 bits per heavy atom. The van der Waals surface area contributed by atoms with Gasteiger partial charge in [-0.1, -0.05) is 0 Å². The molecule has 0 radical (unpaired) electrons. The van der Waals surface area contributed by atoms with Crippen LogP contribution in [0.3, 0.4) is 0 Å².